The highest BCUT2D eigenvalue weighted by atomic mass is 32.2. The molecule has 9 heteroatoms. The third-order valence-electron chi connectivity index (χ3n) is 4.78. The first kappa shape index (κ1) is 20.6. The summed E-state index contributed by atoms with van der Waals surface area (Å²) in [6, 6.07) is 10.1. The predicted molar refractivity (Wildman–Crippen MR) is 108 cm³/mol. The molecular weight excluding hydrogens is 403 g/mol. The Bertz CT molecular complexity index is 1050. The SMILES string of the molecule is CS(=O)(=O)Nc1cc(NS(=O)(=O)c2ccc(C3CCCCC3)cc2)ccc1F. The van der Waals surface area contributed by atoms with E-state index in [4.69, 9.17) is 0 Å². The van der Waals surface area contributed by atoms with E-state index in [1.165, 1.54) is 25.3 Å². The van der Waals surface area contributed by atoms with Crippen molar-refractivity contribution in [2.24, 2.45) is 0 Å². The van der Waals surface area contributed by atoms with E-state index in [0.29, 0.717) is 5.92 Å². The molecule has 152 valence electrons. The molecule has 1 aliphatic carbocycles. The van der Waals surface area contributed by atoms with Gasteiger partial charge in [-0.2, -0.15) is 0 Å². The molecule has 0 spiro atoms. The fourth-order valence-corrected chi connectivity index (χ4v) is 5.04. The second kappa shape index (κ2) is 8.08. The molecule has 2 N–H and O–H groups in total. The Balaban J connectivity index is 1.79. The molecule has 28 heavy (non-hydrogen) atoms. The molecule has 0 bridgehead atoms. The second-order valence-electron chi connectivity index (χ2n) is 7.08. The van der Waals surface area contributed by atoms with E-state index in [2.05, 4.69) is 4.72 Å². The molecule has 0 saturated heterocycles. The van der Waals surface area contributed by atoms with Crippen molar-refractivity contribution in [2.45, 2.75) is 42.9 Å². The van der Waals surface area contributed by atoms with Crippen LogP contribution in [0.1, 0.15) is 43.6 Å². The molecule has 0 atom stereocenters. The summed E-state index contributed by atoms with van der Waals surface area (Å²) in [5.74, 6) is -0.328. The maximum absolute atomic E-state index is 13.8. The molecule has 1 aliphatic rings. The Kier molecular flexibility index (Phi) is 5.95. The van der Waals surface area contributed by atoms with Gasteiger partial charge >= 0.3 is 0 Å². The molecule has 2 aromatic carbocycles. The lowest BCUT2D eigenvalue weighted by Crippen LogP contribution is -2.15. The Hall–Kier alpha value is -2.13. The summed E-state index contributed by atoms with van der Waals surface area (Å²) >= 11 is 0. The van der Waals surface area contributed by atoms with Gasteiger partial charge in [0, 0.05) is 0 Å². The zero-order chi connectivity index (χ0) is 20.4. The molecule has 0 unspecified atom stereocenters. The first-order valence-corrected chi connectivity index (χ1v) is 12.4. The molecular formula is C19H23FN2O4S2. The average molecular weight is 427 g/mol. The number of benzene rings is 2. The standard InChI is InChI=1S/C19H23FN2O4S2/c1-27(23,24)22-19-13-16(9-12-18(19)20)21-28(25,26)17-10-7-15(8-11-17)14-5-3-2-4-6-14/h7-14,21-22H,2-6H2,1H3. The fraction of sp³-hybridized carbons (Fsp3) is 0.368. The van der Waals surface area contributed by atoms with E-state index < -0.39 is 25.9 Å². The Morgan fingerprint density at radius 2 is 1.54 bits per heavy atom. The van der Waals surface area contributed by atoms with Crippen molar-refractivity contribution in [1.29, 1.82) is 0 Å². The van der Waals surface area contributed by atoms with E-state index in [1.54, 1.807) is 12.1 Å². The van der Waals surface area contributed by atoms with Gasteiger partial charge in [0.15, 0.2) is 0 Å². The van der Waals surface area contributed by atoms with Gasteiger partial charge in [0.25, 0.3) is 10.0 Å². The highest BCUT2D eigenvalue weighted by molar-refractivity contribution is 7.92. The zero-order valence-corrected chi connectivity index (χ0v) is 17.1. The lowest BCUT2D eigenvalue weighted by atomic mass is 9.84. The fourth-order valence-electron chi connectivity index (χ4n) is 3.44. The highest BCUT2D eigenvalue weighted by Gasteiger charge is 2.19. The van der Waals surface area contributed by atoms with Gasteiger partial charge in [0.1, 0.15) is 5.82 Å². The second-order valence-corrected chi connectivity index (χ2v) is 10.5. The molecule has 6 nitrogen and oxygen atoms in total. The van der Waals surface area contributed by atoms with Crippen LogP contribution in [-0.2, 0) is 20.0 Å². The van der Waals surface area contributed by atoms with Gasteiger partial charge in [-0.3, -0.25) is 9.44 Å². The summed E-state index contributed by atoms with van der Waals surface area (Å²) in [4.78, 5) is 0.0917. The molecule has 0 aliphatic heterocycles. The number of hydrogen-bond acceptors (Lipinski definition) is 4. The van der Waals surface area contributed by atoms with E-state index >= 15 is 0 Å². The summed E-state index contributed by atoms with van der Waals surface area (Å²) in [5.41, 5.74) is 0.874. The van der Waals surface area contributed by atoms with Crippen molar-refractivity contribution in [3.8, 4) is 0 Å². The summed E-state index contributed by atoms with van der Waals surface area (Å²) in [7, 11) is -7.58. The lowest BCUT2D eigenvalue weighted by Gasteiger charge is -2.22. The molecule has 0 radical (unpaired) electrons. The molecule has 0 heterocycles. The van der Waals surface area contributed by atoms with Crippen LogP contribution in [0.5, 0.6) is 0 Å². The maximum atomic E-state index is 13.8. The molecule has 0 amide bonds. The lowest BCUT2D eigenvalue weighted by molar-refractivity contribution is 0.443. The number of halogens is 1. The van der Waals surface area contributed by atoms with Crippen LogP contribution < -0.4 is 9.44 Å². The molecule has 2 aromatic rings. The van der Waals surface area contributed by atoms with E-state index in [-0.39, 0.29) is 16.3 Å². The minimum Gasteiger partial charge on any atom is -0.281 e. The van der Waals surface area contributed by atoms with Gasteiger partial charge < -0.3 is 0 Å². The number of sulfonamides is 2. The Morgan fingerprint density at radius 1 is 0.893 bits per heavy atom. The van der Waals surface area contributed by atoms with Crippen LogP contribution in [0, 0.1) is 5.82 Å². The molecule has 0 aromatic heterocycles. The predicted octanol–water partition coefficient (Wildman–Crippen LogP) is 4.05. The van der Waals surface area contributed by atoms with Crippen molar-refractivity contribution in [3.05, 3.63) is 53.8 Å². The van der Waals surface area contributed by atoms with Crippen LogP contribution in [-0.4, -0.2) is 23.1 Å². The van der Waals surface area contributed by atoms with Gasteiger partial charge in [0.05, 0.1) is 22.5 Å². The molecule has 1 saturated carbocycles. The largest absolute Gasteiger partial charge is 0.281 e. The normalized spacial score (nSPS) is 15.9. The van der Waals surface area contributed by atoms with Crippen LogP contribution >= 0.6 is 0 Å². The van der Waals surface area contributed by atoms with Crippen LogP contribution in [0.4, 0.5) is 15.8 Å². The summed E-state index contributed by atoms with van der Waals surface area (Å²) < 4.78 is 66.0. The number of hydrogen-bond donors (Lipinski definition) is 2. The summed E-state index contributed by atoms with van der Waals surface area (Å²) in [5, 5.41) is 0. The maximum Gasteiger partial charge on any atom is 0.261 e. The summed E-state index contributed by atoms with van der Waals surface area (Å²) in [6.45, 7) is 0. The number of nitrogens with one attached hydrogen (secondary N) is 2. The Morgan fingerprint density at radius 3 is 2.14 bits per heavy atom. The molecule has 1 fully saturated rings. The minimum absolute atomic E-state index is 0.0592. The van der Waals surface area contributed by atoms with E-state index in [9.17, 15) is 21.2 Å². The number of rotatable bonds is 6. The van der Waals surface area contributed by atoms with Crippen molar-refractivity contribution in [1.82, 2.24) is 0 Å². The highest BCUT2D eigenvalue weighted by Crippen LogP contribution is 2.33. The first-order chi connectivity index (χ1) is 13.1. The Labute approximate surface area is 165 Å². The van der Waals surface area contributed by atoms with Crippen molar-refractivity contribution in [3.63, 3.8) is 0 Å². The molecule has 3 rings (SSSR count). The number of anilines is 2. The van der Waals surface area contributed by atoms with Gasteiger partial charge in [0.2, 0.25) is 10.0 Å². The van der Waals surface area contributed by atoms with Gasteiger partial charge in [-0.05, 0) is 54.7 Å². The average Bonchev–Trinajstić information content (AvgIpc) is 2.64. The van der Waals surface area contributed by atoms with Crippen molar-refractivity contribution >= 4 is 31.4 Å². The monoisotopic (exact) mass is 426 g/mol. The van der Waals surface area contributed by atoms with Crippen LogP contribution in [0.25, 0.3) is 0 Å². The third kappa shape index (κ3) is 5.23. The van der Waals surface area contributed by atoms with Crippen molar-refractivity contribution in [2.75, 3.05) is 15.7 Å². The minimum atomic E-state index is -3.88. The van der Waals surface area contributed by atoms with Crippen LogP contribution in [0.2, 0.25) is 0 Å². The van der Waals surface area contributed by atoms with Gasteiger partial charge in [-0.1, -0.05) is 31.4 Å². The van der Waals surface area contributed by atoms with Crippen molar-refractivity contribution < 1.29 is 21.2 Å². The van der Waals surface area contributed by atoms with Crippen LogP contribution in [0.15, 0.2) is 47.4 Å². The third-order valence-corrected chi connectivity index (χ3v) is 6.77. The summed E-state index contributed by atoms with van der Waals surface area (Å²) in [6.07, 6.45) is 6.77. The van der Waals surface area contributed by atoms with E-state index in [0.717, 1.165) is 36.8 Å². The van der Waals surface area contributed by atoms with E-state index in [1.807, 2.05) is 16.9 Å². The van der Waals surface area contributed by atoms with Gasteiger partial charge in [-0.25, -0.2) is 21.2 Å². The zero-order valence-electron chi connectivity index (χ0n) is 15.5. The quantitative estimate of drug-likeness (QED) is 0.729. The smallest absolute Gasteiger partial charge is 0.261 e. The topological polar surface area (TPSA) is 92.3 Å². The van der Waals surface area contributed by atoms with Gasteiger partial charge in [-0.15, -0.1) is 0 Å². The first-order valence-electron chi connectivity index (χ1n) is 9.04. The van der Waals surface area contributed by atoms with Crippen LogP contribution in [0.3, 0.4) is 0 Å².